The van der Waals surface area contributed by atoms with Crippen molar-refractivity contribution in [3.05, 3.63) is 23.8 Å². The van der Waals surface area contributed by atoms with Crippen molar-refractivity contribution >= 4 is 11.9 Å². The maximum absolute atomic E-state index is 12.3. The van der Waals surface area contributed by atoms with Gasteiger partial charge < -0.3 is 14.8 Å². The van der Waals surface area contributed by atoms with Crippen LogP contribution in [0.3, 0.4) is 0 Å². The molecule has 1 aromatic rings. The summed E-state index contributed by atoms with van der Waals surface area (Å²) in [5.41, 5.74) is -0.616. The van der Waals surface area contributed by atoms with E-state index >= 15 is 0 Å². The van der Waals surface area contributed by atoms with Crippen LogP contribution in [-0.4, -0.2) is 30.2 Å². The van der Waals surface area contributed by atoms with E-state index in [1.165, 1.54) is 0 Å². The summed E-state index contributed by atoms with van der Waals surface area (Å²) in [7, 11) is 0. The van der Waals surface area contributed by atoms with Crippen molar-refractivity contribution in [1.82, 2.24) is 10.2 Å². The molecule has 0 bridgehead atoms. The van der Waals surface area contributed by atoms with Crippen molar-refractivity contribution < 1.29 is 19.1 Å². The largest absolute Gasteiger partial charge is 0.454 e. The second-order valence-electron chi connectivity index (χ2n) is 4.67. The zero-order chi connectivity index (χ0) is 14.3. The number of rotatable bonds is 2. The minimum atomic E-state index is -1.20. The van der Waals surface area contributed by atoms with E-state index in [0.29, 0.717) is 17.1 Å². The lowest BCUT2D eigenvalue weighted by molar-refractivity contribution is -0.130. The molecule has 7 heteroatoms. The van der Waals surface area contributed by atoms with Crippen molar-refractivity contribution in [2.24, 2.45) is 0 Å². The van der Waals surface area contributed by atoms with Gasteiger partial charge in [0.2, 0.25) is 6.79 Å². The normalized spacial score (nSPS) is 23.7. The zero-order valence-corrected chi connectivity index (χ0v) is 10.7. The van der Waals surface area contributed by atoms with Crippen LogP contribution in [0.5, 0.6) is 11.5 Å². The van der Waals surface area contributed by atoms with Crippen LogP contribution in [0.15, 0.2) is 18.2 Å². The highest BCUT2D eigenvalue weighted by molar-refractivity contribution is 6.07. The number of carbonyl (C=O) groups is 2. The highest BCUT2D eigenvalue weighted by Gasteiger charge is 2.49. The van der Waals surface area contributed by atoms with Gasteiger partial charge in [-0.05, 0) is 24.6 Å². The van der Waals surface area contributed by atoms with E-state index in [1.54, 1.807) is 31.2 Å². The third-order valence-corrected chi connectivity index (χ3v) is 3.45. The molecule has 1 aromatic carbocycles. The molecule has 0 aliphatic carbocycles. The van der Waals surface area contributed by atoms with Gasteiger partial charge in [0, 0.05) is 0 Å². The second-order valence-corrected chi connectivity index (χ2v) is 4.67. The Bertz CT molecular complexity index is 652. The molecule has 102 valence electrons. The van der Waals surface area contributed by atoms with Crippen LogP contribution in [0.25, 0.3) is 0 Å². The number of nitriles is 1. The van der Waals surface area contributed by atoms with Crippen LogP contribution in [0, 0.1) is 11.3 Å². The Balaban J connectivity index is 1.99. The van der Waals surface area contributed by atoms with Crippen LogP contribution >= 0.6 is 0 Å². The molecule has 0 unspecified atom stereocenters. The predicted molar refractivity (Wildman–Crippen MR) is 65.8 cm³/mol. The summed E-state index contributed by atoms with van der Waals surface area (Å²) >= 11 is 0. The number of benzene rings is 1. The van der Waals surface area contributed by atoms with Crippen molar-refractivity contribution in [1.29, 1.82) is 5.26 Å². The summed E-state index contributed by atoms with van der Waals surface area (Å²) in [6, 6.07) is 6.28. The highest BCUT2D eigenvalue weighted by atomic mass is 16.7. The molecule has 1 fully saturated rings. The predicted octanol–water partition coefficient (Wildman–Crippen LogP) is 0.706. The minimum absolute atomic E-state index is 0.135. The van der Waals surface area contributed by atoms with E-state index in [4.69, 9.17) is 14.7 Å². The van der Waals surface area contributed by atoms with E-state index in [1.807, 2.05) is 0 Å². The van der Waals surface area contributed by atoms with Crippen LogP contribution in [0.4, 0.5) is 4.79 Å². The van der Waals surface area contributed by atoms with Gasteiger partial charge in [0.1, 0.15) is 12.1 Å². The van der Waals surface area contributed by atoms with E-state index in [9.17, 15) is 9.59 Å². The number of nitrogens with one attached hydrogen (secondary N) is 1. The fraction of sp³-hybridized carbons (Fsp3) is 0.308. The first kappa shape index (κ1) is 12.3. The number of ether oxygens (including phenoxy) is 2. The monoisotopic (exact) mass is 273 g/mol. The average Bonchev–Trinajstić information content (AvgIpc) is 2.97. The van der Waals surface area contributed by atoms with Crippen molar-refractivity contribution in [3.63, 3.8) is 0 Å². The Labute approximate surface area is 114 Å². The van der Waals surface area contributed by atoms with E-state index < -0.39 is 17.5 Å². The van der Waals surface area contributed by atoms with Crippen molar-refractivity contribution in [2.45, 2.75) is 12.5 Å². The molecular formula is C13H11N3O4. The smallest absolute Gasteiger partial charge is 0.326 e. The average molecular weight is 273 g/mol. The number of fused-ring (bicyclic) bond motifs is 1. The Hall–Kier alpha value is -2.75. The molecule has 1 saturated heterocycles. The molecule has 0 spiro atoms. The fourth-order valence-electron chi connectivity index (χ4n) is 2.31. The molecule has 0 saturated carbocycles. The Morgan fingerprint density at radius 2 is 2.15 bits per heavy atom. The lowest BCUT2D eigenvalue weighted by Crippen LogP contribution is -2.40. The standard InChI is InChI=1S/C13H11N3O4/c1-13(11(17)16(5-4-14)12(18)15-13)8-2-3-9-10(6-8)20-7-19-9/h2-3,6H,5,7H2,1H3,(H,15,18)/t13-/m1/s1. The summed E-state index contributed by atoms with van der Waals surface area (Å²) in [6.07, 6.45) is 0. The van der Waals surface area contributed by atoms with Crippen LogP contribution in [0.1, 0.15) is 12.5 Å². The minimum Gasteiger partial charge on any atom is -0.454 e. The quantitative estimate of drug-likeness (QED) is 0.632. The molecule has 7 nitrogen and oxygen atoms in total. The number of hydrogen-bond donors (Lipinski definition) is 1. The molecular weight excluding hydrogens is 262 g/mol. The van der Waals surface area contributed by atoms with E-state index in [-0.39, 0.29) is 13.3 Å². The Morgan fingerprint density at radius 3 is 2.90 bits per heavy atom. The molecule has 3 amide bonds. The van der Waals surface area contributed by atoms with Gasteiger partial charge in [-0.1, -0.05) is 6.07 Å². The topological polar surface area (TPSA) is 91.7 Å². The zero-order valence-electron chi connectivity index (χ0n) is 10.7. The number of hydrogen-bond acceptors (Lipinski definition) is 5. The Morgan fingerprint density at radius 1 is 1.40 bits per heavy atom. The van der Waals surface area contributed by atoms with Gasteiger partial charge in [-0.25, -0.2) is 9.69 Å². The van der Waals surface area contributed by atoms with Gasteiger partial charge in [0.25, 0.3) is 5.91 Å². The van der Waals surface area contributed by atoms with Crippen molar-refractivity contribution in [3.8, 4) is 17.6 Å². The number of nitrogens with zero attached hydrogens (tertiary/aromatic N) is 2. The maximum atomic E-state index is 12.3. The van der Waals surface area contributed by atoms with Gasteiger partial charge in [-0.2, -0.15) is 5.26 Å². The van der Waals surface area contributed by atoms with Crippen LogP contribution < -0.4 is 14.8 Å². The van der Waals surface area contributed by atoms with Gasteiger partial charge in [0.15, 0.2) is 11.5 Å². The molecule has 1 N–H and O–H groups in total. The van der Waals surface area contributed by atoms with E-state index in [0.717, 1.165) is 4.90 Å². The molecule has 2 aliphatic rings. The lowest BCUT2D eigenvalue weighted by atomic mass is 9.91. The molecule has 20 heavy (non-hydrogen) atoms. The summed E-state index contributed by atoms with van der Waals surface area (Å²) in [6.45, 7) is 1.46. The third kappa shape index (κ3) is 1.58. The first-order valence-electron chi connectivity index (χ1n) is 5.97. The molecule has 0 radical (unpaired) electrons. The second kappa shape index (κ2) is 4.13. The van der Waals surface area contributed by atoms with Gasteiger partial charge in [0.05, 0.1) is 6.07 Å². The molecule has 0 aromatic heterocycles. The number of amides is 3. The first-order chi connectivity index (χ1) is 9.56. The molecule has 1 atom stereocenters. The third-order valence-electron chi connectivity index (χ3n) is 3.45. The summed E-state index contributed by atoms with van der Waals surface area (Å²) in [4.78, 5) is 25.0. The van der Waals surface area contributed by atoms with Gasteiger partial charge in [-0.15, -0.1) is 0 Å². The van der Waals surface area contributed by atoms with Gasteiger partial charge in [-0.3, -0.25) is 4.79 Å². The van der Waals surface area contributed by atoms with Crippen LogP contribution in [0.2, 0.25) is 0 Å². The summed E-state index contributed by atoms with van der Waals surface area (Å²) in [5, 5.41) is 11.3. The van der Waals surface area contributed by atoms with Gasteiger partial charge >= 0.3 is 6.03 Å². The fourth-order valence-corrected chi connectivity index (χ4v) is 2.31. The van der Waals surface area contributed by atoms with E-state index in [2.05, 4.69) is 5.32 Å². The summed E-state index contributed by atoms with van der Waals surface area (Å²) in [5.74, 6) is 0.676. The van der Waals surface area contributed by atoms with Crippen molar-refractivity contribution in [2.75, 3.05) is 13.3 Å². The lowest BCUT2D eigenvalue weighted by Gasteiger charge is -2.22. The molecule has 2 aliphatic heterocycles. The SMILES string of the molecule is C[C@]1(c2ccc3c(c2)OCO3)NC(=O)N(CC#N)C1=O. The number of urea groups is 1. The molecule has 3 rings (SSSR count). The first-order valence-corrected chi connectivity index (χ1v) is 5.97. The number of carbonyl (C=O) groups excluding carboxylic acids is 2. The Kier molecular flexibility index (Phi) is 2.54. The maximum Gasteiger partial charge on any atom is 0.326 e. The molecule has 2 heterocycles. The highest BCUT2D eigenvalue weighted by Crippen LogP contribution is 2.37. The number of imide groups is 1. The van der Waals surface area contributed by atoms with Crippen LogP contribution in [-0.2, 0) is 10.3 Å². The summed E-state index contributed by atoms with van der Waals surface area (Å²) < 4.78 is 10.5.